The van der Waals surface area contributed by atoms with E-state index in [4.69, 9.17) is 5.73 Å². The van der Waals surface area contributed by atoms with Crippen molar-refractivity contribution >= 4 is 12.2 Å². The Kier molecular flexibility index (Phi) is 4.60. The van der Waals surface area contributed by atoms with E-state index in [9.17, 15) is 14.0 Å². The molecule has 0 aliphatic rings. The quantitative estimate of drug-likeness (QED) is 0.692. The van der Waals surface area contributed by atoms with E-state index < -0.39 is 11.9 Å². The Morgan fingerprint density at radius 2 is 2.06 bits per heavy atom. The van der Waals surface area contributed by atoms with E-state index in [-0.39, 0.29) is 12.4 Å². The van der Waals surface area contributed by atoms with Crippen LogP contribution in [0.1, 0.15) is 5.56 Å². The summed E-state index contributed by atoms with van der Waals surface area (Å²) in [6.07, 6.45) is 0.896. The zero-order chi connectivity index (χ0) is 12.0. The molecule has 0 spiro atoms. The van der Waals surface area contributed by atoms with Crippen LogP contribution < -0.4 is 11.1 Å². The second-order valence-corrected chi connectivity index (χ2v) is 3.35. The zero-order valence-corrected chi connectivity index (χ0v) is 8.65. The molecule has 86 valence electrons. The summed E-state index contributed by atoms with van der Waals surface area (Å²) in [5.41, 5.74) is 6.38. The Morgan fingerprint density at radius 1 is 1.44 bits per heavy atom. The number of aldehydes is 1. The molecule has 16 heavy (non-hydrogen) atoms. The van der Waals surface area contributed by atoms with Gasteiger partial charge in [0.2, 0.25) is 5.91 Å². The summed E-state index contributed by atoms with van der Waals surface area (Å²) in [6.45, 7) is -0.0457. The van der Waals surface area contributed by atoms with Crippen molar-refractivity contribution < 1.29 is 14.0 Å². The first-order valence-electron chi connectivity index (χ1n) is 4.85. The monoisotopic (exact) mass is 224 g/mol. The van der Waals surface area contributed by atoms with Crippen molar-refractivity contribution in [1.82, 2.24) is 5.32 Å². The van der Waals surface area contributed by atoms with Crippen molar-refractivity contribution in [3.05, 3.63) is 35.6 Å². The number of halogens is 1. The topological polar surface area (TPSA) is 72.2 Å². The maximum Gasteiger partial charge on any atom is 0.237 e. The first-order chi connectivity index (χ1) is 7.63. The van der Waals surface area contributed by atoms with Crippen molar-refractivity contribution in [3.8, 4) is 0 Å². The number of carbonyl (C=O) groups excluding carboxylic acids is 2. The van der Waals surface area contributed by atoms with Gasteiger partial charge in [0.15, 0.2) is 0 Å². The normalized spacial score (nSPS) is 11.9. The fourth-order valence-electron chi connectivity index (χ4n) is 1.24. The molecule has 0 aliphatic heterocycles. The van der Waals surface area contributed by atoms with Gasteiger partial charge in [0.1, 0.15) is 12.1 Å². The summed E-state index contributed by atoms with van der Waals surface area (Å²) in [4.78, 5) is 21.3. The van der Waals surface area contributed by atoms with Crippen LogP contribution >= 0.6 is 0 Å². The number of nitrogens with one attached hydrogen (secondary N) is 1. The standard InChI is InChI=1S/C11H13FN2O2/c12-9-3-1-8(2-4-9)7-10(13)11(16)14-5-6-15/h1-4,6,10H,5,7,13H2,(H,14,16). The fraction of sp³-hybridized carbons (Fsp3) is 0.273. The van der Waals surface area contributed by atoms with Gasteiger partial charge in [0.05, 0.1) is 12.6 Å². The molecule has 1 amide bonds. The third-order valence-electron chi connectivity index (χ3n) is 2.07. The van der Waals surface area contributed by atoms with Crippen LogP contribution in [0.5, 0.6) is 0 Å². The highest BCUT2D eigenvalue weighted by Gasteiger charge is 2.13. The van der Waals surface area contributed by atoms with Crippen molar-refractivity contribution in [2.75, 3.05) is 6.54 Å². The van der Waals surface area contributed by atoms with Crippen molar-refractivity contribution in [2.24, 2.45) is 5.73 Å². The van der Waals surface area contributed by atoms with Gasteiger partial charge < -0.3 is 15.8 Å². The molecule has 1 aromatic carbocycles. The third kappa shape index (κ3) is 3.78. The van der Waals surface area contributed by atoms with Crippen LogP contribution in [0.2, 0.25) is 0 Å². The van der Waals surface area contributed by atoms with Crippen molar-refractivity contribution in [2.45, 2.75) is 12.5 Å². The van der Waals surface area contributed by atoms with Gasteiger partial charge in [-0.3, -0.25) is 4.79 Å². The largest absolute Gasteiger partial charge is 0.348 e. The summed E-state index contributed by atoms with van der Waals surface area (Å²) in [5.74, 6) is -0.723. The predicted octanol–water partition coefficient (Wildman–Crippen LogP) is 0.0106. The lowest BCUT2D eigenvalue weighted by molar-refractivity contribution is -0.123. The summed E-state index contributed by atoms with van der Waals surface area (Å²) < 4.78 is 12.6. The Labute approximate surface area is 92.6 Å². The molecule has 4 nitrogen and oxygen atoms in total. The van der Waals surface area contributed by atoms with Gasteiger partial charge in [-0.15, -0.1) is 0 Å². The molecule has 0 aromatic heterocycles. The SMILES string of the molecule is NC(Cc1ccc(F)cc1)C(=O)NCC=O. The highest BCUT2D eigenvalue weighted by molar-refractivity contribution is 5.83. The molecule has 0 heterocycles. The Bertz CT molecular complexity index is 365. The van der Waals surface area contributed by atoms with Gasteiger partial charge in [-0.05, 0) is 24.1 Å². The lowest BCUT2D eigenvalue weighted by Gasteiger charge is -2.10. The number of carbonyl (C=O) groups is 2. The molecule has 1 rings (SSSR count). The molecule has 5 heteroatoms. The molecule has 1 atom stereocenters. The predicted molar refractivity (Wildman–Crippen MR) is 57.2 cm³/mol. The molecule has 0 fully saturated rings. The summed E-state index contributed by atoms with van der Waals surface area (Å²) in [6, 6.07) is 5.03. The Balaban J connectivity index is 2.50. The number of rotatable bonds is 5. The molecule has 0 saturated carbocycles. The lowest BCUT2D eigenvalue weighted by atomic mass is 10.1. The number of amides is 1. The average molecular weight is 224 g/mol. The minimum Gasteiger partial charge on any atom is -0.348 e. The number of hydrogen-bond acceptors (Lipinski definition) is 3. The van der Waals surface area contributed by atoms with Gasteiger partial charge in [0, 0.05) is 0 Å². The van der Waals surface area contributed by atoms with Crippen LogP contribution in [0.4, 0.5) is 4.39 Å². The van der Waals surface area contributed by atoms with Gasteiger partial charge in [-0.25, -0.2) is 4.39 Å². The summed E-state index contributed by atoms with van der Waals surface area (Å²) >= 11 is 0. The van der Waals surface area contributed by atoms with Gasteiger partial charge in [-0.2, -0.15) is 0 Å². The van der Waals surface area contributed by atoms with Crippen molar-refractivity contribution in [1.29, 1.82) is 0 Å². The minimum atomic E-state index is -0.731. The van der Waals surface area contributed by atoms with Gasteiger partial charge >= 0.3 is 0 Å². The number of hydrogen-bond donors (Lipinski definition) is 2. The molecule has 3 N–H and O–H groups in total. The van der Waals surface area contributed by atoms with Crippen LogP contribution in [-0.4, -0.2) is 24.8 Å². The second kappa shape index (κ2) is 5.97. The van der Waals surface area contributed by atoms with E-state index in [1.54, 1.807) is 12.1 Å². The maximum atomic E-state index is 12.6. The van der Waals surface area contributed by atoms with Crippen LogP contribution in [0, 0.1) is 5.82 Å². The first kappa shape index (κ1) is 12.3. The van der Waals surface area contributed by atoms with Gasteiger partial charge in [0.25, 0.3) is 0 Å². The van der Waals surface area contributed by atoms with E-state index in [2.05, 4.69) is 5.32 Å². The van der Waals surface area contributed by atoms with Crippen molar-refractivity contribution in [3.63, 3.8) is 0 Å². The third-order valence-corrected chi connectivity index (χ3v) is 2.07. The molecule has 0 bridgehead atoms. The van der Waals surface area contributed by atoms with E-state index >= 15 is 0 Å². The molecule has 0 saturated heterocycles. The maximum absolute atomic E-state index is 12.6. The Hall–Kier alpha value is -1.75. The van der Waals surface area contributed by atoms with E-state index in [1.165, 1.54) is 12.1 Å². The first-order valence-corrected chi connectivity index (χ1v) is 4.85. The lowest BCUT2D eigenvalue weighted by Crippen LogP contribution is -2.42. The van der Waals surface area contributed by atoms with E-state index in [0.717, 1.165) is 5.56 Å². The van der Waals surface area contributed by atoms with Crippen LogP contribution in [0.25, 0.3) is 0 Å². The second-order valence-electron chi connectivity index (χ2n) is 3.35. The van der Waals surface area contributed by atoms with Gasteiger partial charge in [-0.1, -0.05) is 12.1 Å². The van der Waals surface area contributed by atoms with Crippen LogP contribution in [-0.2, 0) is 16.0 Å². The van der Waals surface area contributed by atoms with Crippen LogP contribution in [0.15, 0.2) is 24.3 Å². The molecule has 1 unspecified atom stereocenters. The molecule has 0 aliphatic carbocycles. The molecular formula is C11H13FN2O2. The number of benzene rings is 1. The Morgan fingerprint density at radius 3 is 2.62 bits per heavy atom. The average Bonchev–Trinajstić information content (AvgIpc) is 2.29. The smallest absolute Gasteiger partial charge is 0.237 e. The van der Waals surface area contributed by atoms with E-state index in [0.29, 0.717) is 12.7 Å². The summed E-state index contributed by atoms with van der Waals surface area (Å²) in [5, 5.41) is 2.36. The highest BCUT2D eigenvalue weighted by atomic mass is 19.1. The number of nitrogens with two attached hydrogens (primary N) is 1. The molecule has 0 radical (unpaired) electrons. The minimum absolute atomic E-state index is 0.0457. The zero-order valence-electron chi connectivity index (χ0n) is 8.65. The molecular weight excluding hydrogens is 211 g/mol. The van der Waals surface area contributed by atoms with E-state index in [1.807, 2.05) is 0 Å². The fourth-order valence-corrected chi connectivity index (χ4v) is 1.24. The summed E-state index contributed by atoms with van der Waals surface area (Å²) in [7, 11) is 0. The van der Waals surface area contributed by atoms with Crippen LogP contribution in [0.3, 0.4) is 0 Å². The highest BCUT2D eigenvalue weighted by Crippen LogP contribution is 2.04. The molecule has 1 aromatic rings.